The van der Waals surface area contributed by atoms with Crippen LogP contribution < -0.4 is 21.2 Å². The highest BCUT2D eigenvalue weighted by atomic mass is 127. The lowest BCUT2D eigenvalue weighted by molar-refractivity contribution is -0.726. The summed E-state index contributed by atoms with van der Waals surface area (Å²) in [6, 6.07) is 0. The average molecular weight is 405 g/mol. The second-order valence-corrected chi connectivity index (χ2v) is 12.6. The molecule has 0 heterocycles. The predicted molar refractivity (Wildman–Crippen MR) is 90.5 cm³/mol. The van der Waals surface area contributed by atoms with Gasteiger partial charge in [0.1, 0.15) is 0 Å². The number of hydrogen-bond donors (Lipinski definition) is 0. The van der Waals surface area contributed by atoms with Crippen LogP contribution in [0.1, 0.15) is 98.3 Å². The van der Waals surface area contributed by atoms with Crippen LogP contribution in [0.2, 0.25) is 0 Å². The molecule has 0 N–H and O–H groups in total. The van der Waals surface area contributed by atoms with Crippen molar-refractivity contribution >= 4 is 0 Å². The first-order valence-electron chi connectivity index (χ1n) is 9.67. The molecule has 2 saturated carbocycles. The first-order valence-corrected chi connectivity index (χ1v) is 12.2. The molecule has 0 radical (unpaired) electrons. The third-order valence-electron chi connectivity index (χ3n) is 6.50. The minimum Gasteiger partial charge on any atom is -0.0654 e. The van der Waals surface area contributed by atoms with Crippen molar-refractivity contribution in [1.82, 2.24) is 0 Å². The van der Waals surface area contributed by atoms with Gasteiger partial charge in [0.15, 0.2) is 7.85 Å². The predicted octanol–water partition coefficient (Wildman–Crippen LogP) is 3.43. The molecule has 0 nitrogen and oxygen atoms in total. The molecule has 0 bridgehead atoms. The molecular weight excluding hydrogens is 367 g/mol. The molecule has 0 unspecified atom stereocenters. The van der Waals surface area contributed by atoms with E-state index in [0.29, 0.717) is 26.6 Å². The monoisotopic (exact) mass is 405 g/mol. The number of rotatable bonds is 6. The number of halogens is 1. The second-order valence-electron chi connectivity index (χ2n) is 8.32. The summed E-state index contributed by atoms with van der Waals surface area (Å²) in [7, 11) is 0. The van der Waals surface area contributed by atoms with Crippen molar-refractivity contribution < 1.29 is 21.2 Å². The summed E-state index contributed by atoms with van der Waals surface area (Å²) in [5.74, 6) is 2.11. The van der Waals surface area contributed by atoms with Crippen LogP contribution in [-0.4, -0.2) is 7.85 Å². The third kappa shape index (κ3) is 5.39. The Bertz CT molecular complexity index is 280. The van der Waals surface area contributed by atoms with Crippen molar-refractivity contribution in [1.29, 1.82) is 0 Å². The van der Waals surface area contributed by atoms with Crippen LogP contribution in [0.3, 0.4) is 0 Å². The van der Waals surface area contributed by atoms with Crippen molar-refractivity contribution in [3.63, 3.8) is 0 Å². The molecule has 0 aromatic rings. The van der Waals surface area contributed by atoms with Gasteiger partial charge in [-0.05, 0) is 68.6 Å². The van der Waals surface area contributed by atoms with Gasteiger partial charge in [-0.25, -0.2) is 0 Å². The maximum Gasteiger partial charge on any atom is 0.275 e. The Hall–Kier alpha value is 0.730. The zero-order valence-electron chi connectivity index (χ0n) is 15.0. The molecule has 2 aliphatic carbocycles. The largest absolute Gasteiger partial charge is 0.275 e. The normalized spacial score (nSPS) is 34.9. The van der Waals surface area contributed by atoms with E-state index in [0.717, 1.165) is 11.8 Å². The Morgan fingerprint density at radius 3 is 1.81 bits per heavy atom. The van der Waals surface area contributed by atoms with Crippen molar-refractivity contribution in [3.8, 4) is 0 Å². The van der Waals surface area contributed by atoms with Crippen molar-refractivity contribution in [2.24, 2.45) is 17.3 Å². The highest BCUT2D eigenvalue weighted by Crippen LogP contribution is 2.39. The summed E-state index contributed by atoms with van der Waals surface area (Å²) in [6.45, 7) is 9.74. The zero-order valence-corrected chi connectivity index (χ0v) is 17.1. The molecule has 0 aromatic heterocycles. The third-order valence-corrected chi connectivity index (χ3v) is 11.0. The first kappa shape index (κ1) is 18.1. The maximum absolute atomic E-state index is 2.50. The highest BCUT2D eigenvalue weighted by Gasteiger charge is 2.40. The van der Waals surface area contributed by atoms with Crippen molar-refractivity contribution in [3.05, 3.63) is 0 Å². The average Bonchev–Trinajstić information content (AvgIpc) is 2.50. The Balaban J connectivity index is 1.68. The molecule has 2 fully saturated rings. The highest BCUT2D eigenvalue weighted by molar-refractivity contribution is 4.82. The van der Waals surface area contributed by atoms with Crippen molar-refractivity contribution in [2.45, 2.75) is 106 Å². The summed E-state index contributed by atoms with van der Waals surface area (Å²) in [5, 5.41) is 0. The minimum absolute atomic E-state index is 0.493. The summed E-state index contributed by atoms with van der Waals surface area (Å²) < 4.78 is 2.37. The van der Waals surface area contributed by atoms with E-state index in [1.54, 1.807) is 38.5 Å². The van der Waals surface area contributed by atoms with Crippen molar-refractivity contribution in [2.75, 3.05) is 0 Å². The fourth-order valence-electron chi connectivity index (χ4n) is 4.45. The Labute approximate surface area is 144 Å². The SMILES string of the molecule is CCCC1CCC([I+]C2CCC(C(C)(C)CC)CC2)CC1. The molecule has 2 rings (SSSR count). The van der Waals surface area contributed by atoms with E-state index in [4.69, 9.17) is 0 Å². The molecule has 1 heteroatoms. The van der Waals surface area contributed by atoms with Crippen LogP contribution in [0.25, 0.3) is 0 Å². The molecule has 124 valence electrons. The van der Waals surface area contributed by atoms with Crippen LogP contribution in [-0.2, 0) is 0 Å². The lowest BCUT2D eigenvalue weighted by atomic mass is 9.70. The molecule has 0 atom stereocenters. The van der Waals surface area contributed by atoms with Gasteiger partial charge < -0.3 is 0 Å². The maximum atomic E-state index is 2.50. The zero-order chi connectivity index (χ0) is 15.3. The summed E-state index contributed by atoms with van der Waals surface area (Å²) in [4.78, 5) is 0. The smallest absolute Gasteiger partial charge is 0.0654 e. The van der Waals surface area contributed by atoms with E-state index in [-0.39, 0.29) is 0 Å². The van der Waals surface area contributed by atoms with Gasteiger partial charge in [0.05, 0.1) is 0 Å². The van der Waals surface area contributed by atoms with Gasteiger partial charge in [0.2, 0.25) is 0 Å². The van der Waals surface area contributed by atoms with Gasteiger partial charge in [-0.2, -0.15) is 0 Å². The lowest BCUT2D eigenvalue weighted by Gasteiger charge is -2.37. The number of alkyl halides is 2. The van der Waals surface area contributed by atoms with Gasteiger partial charge in [-0.15, -0.1) is 0 Å². The molecule has 0 amide bonds. The fraction of sp³-hybridized carbons (Fsp3) is 1.00. The standard InChI is InChI=1S/C20H38I/c1-5-7-16-8-12-18(13-9-16)21-19-14-10-17(11-15-19)20(3,4)6-2/h16-19H,5-15H2,1-4H3/q+1. The van der Waals surface area contributed by atoms with Gasteiger partial charge in [0, 0.05) is 0 Å². The summed E-state index contributed by atoms with van der Waals surface area (Å²) in [6.07, 6.45) is 16.8. The molecule has 0 spiro atoms. The van der Waals surface area contributed by atoms with E-state index in [1.807, 2.05) is 0 Å². The molecule has 21 heavy (non-hydrogen) atoms. The Kier molecular flexibility index (Phi) is 7.35. The van der Waals surface area contributed by atoms with Crippen LogP contribution >= 0.6 is 0 Å². The van der Waals surface area contributed by atoms with E-state index >= 15 is 0 Å². The summed E-state index contributed by atoms with van der Waals surface area (Å²) >= 11 is 0.493. The first-order chi connectivity index (χ1) is 10.0. The van der Waals surface area contributed by atoms with Gasteiger partial charge in [-0.1, -0.05) is 47.0 Å². The van der Waals surface area contributed by atoms with Crippen LogP contribution in [0, 0.1) is 17.3 Å². The molecular formula is C20H38I+. The van der Waals surface area contributed by atoms with E-state index in [1.165, 1.54) is 40.0 Å². The van der Waals surface area contributed by atoms with Crippen LogP contribution in [0.15, 0.2) is 0 Å². The van der Waals surface area contributed by atoms with Gasteiger partial charge in [-0.3, -0.25) is 0 Å². The van der Waals surface area contributed by atoms with E-state index < -0.39 is 0 Å². The van der Waals surface area contributed by atoms with Crippen LogP contribution in [0.5, 0.6) is 0 Å². The lowest BCUT2D eigenvalue weighted by Crippen LogP contribution is -3.68. The molecule has 0 saturated heterocycles. The fourth-order valence-corrected chi connectivity index (χ4v) is 8.76. The van der Waals surface area contributed by atoms with E-state index in [9.17, 15) is 0 Å². The Morgan fingerprint density at radius 2 is 1.33 bits per heavy atom. The Morgan fingerprint density at radius 1 is 0.810 bits per heavy atom. The van der Waals surface area contributed by atoms with Gasteiger partial charge >= 0.3 is 0 Å². The quantitative estimate of drug-likeness (QED) is 0.469. The topological polar surface area (TPSA) is 0 Å². The molecule has 2 aliphatic rings. The summed E-state index contributed by atoms with van der Waals surface area (Å²) in [5.41, 5.74) is 0.599. The minimum atomic E-state index is 0.493. The number of hydrogen-bond acceptors (Lipinski definition) is 0. The molecule has 0 aliphatic heterocycles. The second kappa shape index (κ2) is 8.55. The van der Waals surface area contributed by atoms with E-state index in [2.05, 4.69) is 27.7 Å². The van der Waals surface area contributed by atoms with Gasteiger partial charge in [0.25, 0.3) is 21.2 Å². The molecule has 0 aromatic carbocycles. The van der Waals surface area contributed by atoms with Crippen LogP contribution in [0.4, 0.5) is 0 Å².